The highest BCUT2D eigenvalue weighted by Gasteiger charge is 2.13. The number of nitrogens with one attached hydrogen (secondary N) is 1. The van der Waals surface area contributed by atoms with Gasteiger partial charge in [-0.1, -0.05) is 46.3 Å². The maximum absolute atomic E-state index is 12.2. The van der Waals surface area contributed by atoms with Gasteiger partial charge in [-0.3, -0.25) is 0 Å². The topological polar surface area (TPSA) is 55.1 Å². The number of anilines is 1. The van der Waals surface area contributed by atoms with Crippen molar-refractivity contribution in [1.29, 1.82) is 0 Å². The van der Waals surface area contributed by atoms with E-state index in [0.717, 1.165) is 15.6 Å². The first kappa shape index (κ1) is 14.8. The molecule has 112 valence electrons. The van der Waals surface area contributed by atoms with Crippen LogP contribution in [0, 0.1) is 6.92 Å². The first-order valence-electron chi connectivity index (χ1n) is 6.97. The molecule has 0 aliphatic carbocycles. The molecule has 5 heteroatoms. The molecule has 1 atom stereocenters. The molecule has 0 amide bonds. The predicted molar refractivity (Wildman–Crippen MR) is 91.2 cm³/mol. The Balaban J connectivity index is 1.99. The quantitative estimate of drug-likeness (QED) is 0.752. The smallest absolute Gasteiger partial charge is 0.348 e. The van der Waals surface area contributed by atoms with E-state index in [9.17, 15) is 4.79 Å². The van der Waals surface area contributed by atoms with Crippen LogP contribution in [0.15, 0.2) is 56.1 Å². The number of aromatic nitrogens is 1. The zero-order valence-corrected chi connectivity index (χ0v) is 13.8. The van der Waals surface area contributed by atoms with Crippen molar-refractivity contribution in [3.63, 3.8) is 0 Å². The Morgan fingerprint density at radius 1 is 1.18 bits per heavy atom. The van der Waals surface area contributed by atoms with Crippen LogP contribution in [-0.2, 0) is 0 Å². The second-order valence-electron chi connectivity index (χ2n) is 5.15. The molecule has 2 aromatic carbocycles. The van der Waals surface area contributed by atoms with Gasteiger partial charge in [-0.05, 0) is 37.1 Å². The lowest BCUT2D eigenvalue weighted by Gasteiger charge is -2.14. The van der Waals surface area contributed by atoms with Crippen molar-refractivity contribution < 1.29 is 4.42 Å². The summed E-state index contributed by atoms with van der Waals surface area (Å²) < 4.78 is 6.19. The minimum Gasteiger partial charge on any atom is -0.389 e. The van der Waals surface area contributed by atoms with Gasteiger partial charge in [-0.15, -0.1) is 0 Å². The molecule has 4 nitrogen and oxygen atoms in total. The number of rotatable bonds is 3. The zero-order chi connectivity index (χ0) is 15.7. The highest BCUT2D eigenvalue weighted by atomic mass is 79.9. The van der Waals surface area contributed by atoms with Crippen molar-refractivity contribution in [3.05, 3.63) is 68.5 Å². The van der Waals surface area contributed by atoms with E-state index in [0.29, 0.717) is 10.9 Å². The van der Waals surface area contributed by atoms with Crippen molar-refractivity contribution >= 4 is 32.8 Å². The zero-order valence-electron chi connectivity index (χ0n) is 12.3. The molecule has 0 bridgehead atoms. The summed E-state index contributed by atoms with van der Waals surface area (Å²) in [7, 11) is 0. The summed E-state index contributed by atoms with van der Waals surface area (Å²) in [5.41, 5.74) is 2.17. The average Bonchev–Trinajstić information content (AvgIpc) is 2.51. The van der Waals surface area contributed by atoms with Gasteiger partial charge in [-0.2, -0.15) is 4.98 Å². The van der Waals surface area contributed by atoms with Crippen molar-refractivity contribution in [2.45, 2.75) is 19.9 Å². The van der Waals surface area contributed by atoms with Crippen molar-refractivity contribution in [2.75, 3.05) is 5.32 Å². The monoisotopic (exact) mass is 358 g/mol. The van der Waals surface area contributed by atoms with E-state index in [1.807, 2.05) is 56.3 Å². The van der Waals surface area contributed by atoms with Gasteiger partial charge in [0.05, 0.1) is 16.9 Å². The number of halogens is 1. The molecule has 0 saturated carbocycles. The Labute approximate surface area is 136 Å². The van der Waals surface area contributed by atoms with E-state index in [4.69, 9.17) is 4.42 Å². The van der Waals surface area contributed by atoms with Gasteiger partial charge in [0.1, 0.15) is 0 Å². The molecule has 0 unspecified atom stereocenters. The van der Waals surface area contributed by atoms with Gasteiger partial charge in [0, 0.05) is 4.47 Å². The van der Waals surface area contributed by atoms with E-state index in [2.05, 4.69) is 26.2 Å². The minimum absolute atomic E-state index is 0.00848. The van der Waals surface area contributed by atoms with Gasteiger partial charge in [-0.25, -0.2) is 4.79 Å². The molecule has 0 radical (unpaired) electrons. The molecule has 0 spiro atoms. The largest absolute Gasteiger partial charge is 0.389 e. The van der Waals surface area contributed by atoms with Crippen molar-refractivity contribution in [1.82, 2.24) is 4.98 Å². The average molecular weight is 359 g/mol. The molecule has 0 aliphatic heterocycles. The van der Waals surface area contributed by atoms with Gasteiger partial charge in [0.2, 0.25) is 0 Å². The Kier molecular flexibility index (Phi) is 3.98. The number of nitrogens with zero attached hydrogens (tertiary/aromatic N) is 1. The number of hydrogen-bond donors (Lipinski definition) is 1. The second-order valence-corrected chi connectivity index (χ2v) is 6.00. The molecule has 0 fully saturated rings. The molecule has 1 heterocycles. The van der Waals surface area contributed by atoms with Crippen molar-refractivity contribution in [2.24, 2.45) is 0 Å². The maximum Gasteiger partial charge on any atom is 0.348 e. The normalized spacial score (nSPS) is 12.3. The van der Waals surface area contributed by atoms with Gasteiger partial charge in [0.25, 0.3) is 6.01 Å². The van der Waals surface area contributed by atoms with E-state index < -0.39 is 0 Å². The Bertz CT molecular complexity index is 875. The molecule has 1 N–H and O–H groups in total. The highest BCUT2D eigenvalue weighted by Crippen LogP contribution is 2.24. The van der Waals surface area contributed by atoms with Crippen LogP contribution >= 0.6 is 15.9 Å². The van der Waals surface area contributed by atoms with Gasteiger partial charge in [0.15, 0.2) is 0 Å². The van der Waals surface area contributed by atoms with Gasteiger partial charge < -0.3 is 9.73 Å². The fourth-order valence-electron chi connectivity index (χ4n) is 2.37. The number of fused-ring (bicyclic) bond motifs is 1. The maximum atomic E-state index is 12.2. The summed E-state index contributed by atoms with van der Waals surface area (Å²) in [6, 6.07) is 13.8. The standard InChI is InChI=1S/C17H15BrN2O2/c1-10-13(18)8-9-14-15(10)16(21)22-17(20-14)19-11(2)12-6-4-3-5-7-12/h3-9,11H,1-2H3,(H,19,20)/t11-/m1/s1. The second kappa shape index (κ2) is 5.93. The summed E-state index contributed by atoms with van der Waals surface area (Å²) in [6.45, 7) is 3.86. The van der Waals surface area contributed by atoms with E-state index in [1.54, 1.807) is 0 Å². The third-order valence-electron chi connectivity index (χ3n) is 3.63. The summed E-state index contributed by atoms with van der Waals surface area (Å²) in [5, 5.41) is 3.64. The Morgan fingerprint density at radius 2 is 1.91 bits per heavy atom. The third-order valence-corrected chi connectivity index (χ3v) is 4.49. The number of aryl methyl sites for hydroxylation is 1. The molecule has 3 rings (SSSR count). The molecule has 0 aliphatic rings. The third kappa shape index (κ3) is 2.76. The molecule has 3 aromatic rings. The van der Waals surface area contributed by atoms with Crippen LogP contribution in [0.3, 0.4) is 0 Å². The van der Waals surface area contributed by atoms with Crippen LogP contribution in [0.25, 0.3) is 10.9 Å². The van der Waals surface area contributed by atoms with Crippen molar-refractivity contribution in [3.8, 4) is 0 Å². The first-order valence-corrected chi connectivity index (χ1v) is 7.77. The van der Waals surface area contributed by atoms with Crippen LogP contribution in [0.4, 0.5) is 6.01 Å². The van der Waals surface area contributed by atoms with Crippen LogP contribution < -0.4 is 10.9 Å². The predicted octanol–water partition coefficient (Wildman–Crippen LogP) is 4.43. The first-order chi connectivity index (χ1) is 10.6. The van der Waals surface area contributed by atoms with Gasteiger partial charge >= 0.3 is 5.63 Å². The SMILES string of the molecule is Cc1c(Br)ccc2nc(N[C@H](C)c3ccccc3)oc(=O)c12. The highest BCUT2D eigenvalue weighted by molar-refractivity contribution is 9.10. The van der Waals surface area contributed by atoms with Crippen LogP contribution in [-0.4, -0.2) is 4.98 Å². The summed E-state index contributed by atoms with van der Waals surface area (Å²) in [4.78, 5) is 16.6. The number of benzene rings is 2. The van der Waals surface area contributed by atoms with E-state index >= 15 is 0 Å². The molecule has 1 aromatic heterocycles. The molecular weight excluding hydrogens is 344 g/mol. The fraction of sp³-hybridized carbons (Fsp3) is 0.176. The fourth-order valence-corrected chi connectivity index (χ4v) is 2.70. The summed E-state index contributed by atoms with van der Waals surface area (Å²) in [6.07, 6.45) is 0. The number of hydrogen-bond acceptors (Lipinski definition) is 4. The lowest BCUT2D eigenvalue weighted by Crippen LogP contribution is -2.12. The molecular formula is C17H15BrN2O2. The summed E-state index contributed by atoms with van der Waals surface area (Å²) >= 11 is 3.42. The van der Waals surface area contributed by atoms with E-state index in [-0.39, 0.29) is 17.7 Å². The lowest BCUT2D eigenvalue weighted by molar-refractivity contribution is 0.510. The van der Waals surface area contributed by atoms with Crippen LogP contribution in [0.1, 0.15) is 24.1 Å². The minimum atomic E-state index is -0.383. The van der Waals surface area contributed by atoms with Crippen LogP contribution in [0.2, 0.25) is 0 Å². The summed E-state index contributed by atoms with van der Waals surface area (Å²) in [5.74, 6) is 0. The Morgan fingerprint density at radius 3 is 2.64 bits per heavy atom. The van der Waals surface area contributed by atoms with E-state index in [1.165, 1.54) is 0 Å². The Hall–Kier alpha value is -2.14. The molecule has 0 saturated heterocycles. The molecule has 22 heavy (non-hydrogen) atoms. The van der Waals surface area contributed by atoms with Crippen LogP contribution in [0.5, 0.6) is 0 Å². The lowest BCUT2D eigenvalue weighted by atomic mass is 10.1.